The number of nitrogens with one attached hydrogen (secondary N) is 1. The van der Waals surface area contributed by atoms with Gasteiger partial charge in [0.2, 0.25) is 0 Å². The third-order valence-electron chi connectivity index (χ3n) is 5.93. The van der Waals surface area contributed by atoms with Crippen molar-refractivity contribution in [1.82, 2.24) is 0 Å². The lowest BCUT2D eigenvalue weighted by molar-refractivity contribution is -0.134. The second-order valence-electron chi connectivity index (χ2n) is 7.29. The molecule has 0 spiro atoms. The average molecular weight is 333 g/mol. The summed E-state index contributed by atoms with van der Waals surface area (Å²) < 4.78 is 5.52. The quantitative estimate of drug-likeness (QED) is 0.784. The number of hydrogen-bond donors (Lipinski definition) is 1. The summed E-state index contributed by atoms with van der Waals surface area (Å²) in [5.41, 5.74) is 0.665. The summed E-state index contributed by atoms with van der Waals surface area (Å²) >= 11 is 5.17. The van der Waals surface area contributed by atoms with E-state index in [-0.39, 0.29) is 16.6 Å². The molecule has 2 rings (SSSR count). The van der Waals surface area contributed by atoms with Crippen molar-refractivity contribution in [2.75, 3.05) is 11.9 Å². The minimum absolute atomic E-state index is 0.0346. The Bertz CT molecular complexity index is 570. The zero-order valence-electron chi connectivity index (χ0n) is 14.5. The molecule has 0 aliphatic heterocycles. The number of benzene rings is 1. The first-order valence-electron chi connectivity index (χ1n) is 8.29. The lowest BCUT2D eigenvalue weighted by atomic mass is 9.63. The van der Waals surface area contributed by atoms with E-state index in [2.05, 4.69) is 33.0 Å². The van der Waals surface area contributed by atoms with E-state index in [4.69, 9.17) is 17.0 Å². The lowest BCUT2D eigenvalue weighted by Crippen LogP contribution is -2.40. The summed E-state index contributed by atoms with van der Waals surface area (Å²) in [6.07, 6.45) is 2.49. The summed E-state index contributed by atoms with van der Waals surface area (Å²) in [5.74, 6) is 0.854. The van der Waals surface area contributed by atoms with Gasteiger partial charge in [-0.1, -0.05) is 45.9 Å². The van der Waals surface area contributed by atoms with Crippen LogP contribution >= 0.6 is 12.2 Å². The van der Waals surface area contributed by atoms with Crippen molar-refractivity contribution >= 4 is 28.9 Å². The molecule has 0 saturated heterocycles. The monoisotopic (exact) mass is 333 g/mol. The lowest BCUT2D eigenvalue weighted by Gasteiger charge is -2.39. The SMILES string of the molecule is CC1CCC(C)(C(=O)CCOC(=S)Nc2ccccc2)C1(C)C. The molecule has 0 heterocycles. The summed E-state index contributed by atoms with van der Waals surface area (Å²) in [5, 5.41) is 3.33. The minimum atomic E-state index is -0.260. The fraction of sp³-hybridized carbons (Fsp3) is 0.579. The van der Waals surface area contributed by atoms with E-state index in [1.807, 2.05) is 30.3 Å². The van der Waals surface area contributed by atoms with Crippen LogP contribution in [0.4, 0.5) is 5.69 Å². The van der Waals surface area contributed by atoms with Crippen LogP contribution in [0.2, 0.25) is 0 Å². The van der Waals surface area contributed by atoms with Crippen molar-refractivity contribution in [3.63, 3.8) is 0 Å². The van der Waals surface area contributed by atoms with Crippen LogP contribution in [0.5, 0.6) is 0 Å². The molecule has 23 heavy (non-hydrogen) atoms. The third-order valence-corrected chi connectivity index (χ3v) is 6.15. The number of carbonyl (C=O) groups excluding carboxylic acids is 1. The summed E-state index contributed by atoms with van der Waals surface area (Å²) in [6.45, 7) is 9.11. The van der Waals surface area contributed by atoms with Crippen molar-refractivity contribution < 1.29 is 9.53 Å². The van der Waals surface area contributed by atoms with Crippen LogP contribution in [0.15, 0.2) is 30.3 Å². The van der Waals surface area contributed by atoms with Gasteiger partial charge in [-0.3, -0.25) is 4.79 Å². The third kappa shape index (κ3) is 3.74. The number of Topliss-reactive ketones (excluding diaryl/α,β-unsaturated/α-hetero) is 1. The molecule has 0 amide bonds. The summed E-state index contributed by atoms with van der Waals surface area (Å²) in [4.78, 5) is 12.7. The molecule has 2 atom stereocenters. The number of ether oxygens (including phenoxy) is 1. The molecular weight excluding hydrogens is 306 g/mol. The van der Waals surface area contributed by atoms with E-state index in [1.54, 1.807) is 0 Å². The Kier molecular flexibility index (Phi) is 5.45. The highest BCUT2D eigenvalue weighted by Crippen LogP contribution is 2.56. The van der Waals surface area contributed by atoms with Crippen LogP contribution in [0.3, 0.4) is 0 Å². The van der Waals surface area contributed by atoms with Gasteiger partial charge in [-0.05, 0) is 48.5 Å². The Balaban J connectivity index is 1.82. The normalized spacial score (nSPS) is 25.8. The van der Waals surface area contributed by atoms with Gasteiger partial charge in [0.15, 0.2) is 0 Å². The van der Waals surface area contributed by atoms with Crippen molar-refractivity contribution in [3.8, 4) is 0 Å². The Morgan fingerprint density at radius 2 is 1.96 bits per heavy atom. The molecule has 1 aliphatic rings. The Hall–Kier alpha value is -1.42. The van der Waals surface area contributed by atoms with Gasteiger partial charge < -0.3 is 10.1 Å². The molecule has 0 radical (unpaired) electrons. The van der Waals surface area contributed by atoms with E-state index in [9.17, 15) is 4.79 Å². The van der Waals surface area contributed by atoms with Crippen LogP contribution in [0.25, 0.3) is 0 Å². The average Bonchev–Trinajstić information content (AvgIpc) is 2.72. The van der Waals surface area contributed by atoms with Gasteiger partial charge in [0.05, 0.1) is 6.61 Å². The van der Waals surface area contributed by atoms with Crippen LogP contribution in [-0.4, -0.2) is 17.6 Å². The predicted molar refractivity (Wildman–Crippen MR) is 98.5 cm³/mol. The van der Waals surface area contributed by atoms with Gasteiger partial charge in [0.25, 0.3) is 5.17 Å². The van der Waals surface area contributed by atoms with E-state index >= 15 is 0 Å². The van der Waals surface area contributed by atoms with E-state index in [0.717, 1.165) is 18.5 Å². The molecular formula is C19H27NO2S. The number of carbonyl (C=O) groups is 1. The second-order valence-corrected chi connectivity index (χ2v) is 7.66. The minimum Gasteiger partial charge on any atom is -0.470 e. The maximum Gasteiger partial charge on any atom is 0.261 e. The molecule has 1 N–H and O–H groups in total. The topological polar surface area (TPSA) is 38.3 Å². The predicted octanol–water partition coefficient (Wildman–Crippen LogP) is 4.82. The number of anilines is 1. The maximum atomic E-state index is 12.7. The fourth-order valence-corrected chi connectivity index (χ4v) is 3.62. The zero-order valence-corrected chi connectivity index (χ0v) is 15.3. The number of ketones is 1. The number of rotatable bonds is 5. The fourth-order valence-electron chi connectivity index (χ4n) is 3.42. The van der Waals surface area contributed by atoms with Crippen LogP contribution in [-0.2, 0) is 9.53 Å². The molecule has 4 heteroatoms. The molecule has 2 unspecified atom stereocenters. The molecule has 1 aliphatic carbocycles. The Morgan fingerprint density at radius 3 is 2.52 bits per heavy atom. The van der Waals surface area contributed by atoms with Crippen molar-refractivity contribution in [2.24, 2.45) is 16.7 Å². The van der Waals surface area contributed by atoms with Crippen molar-refractivity contribution in [3.05, 3.63) is 30.3 Å². The largest absolute Gasteiger partial charge is 0.470 e. The van der Waals surface area contributed by atoms with Gasteiger partial charge in [0.1, 0.15) is 5.78 Å². The van der Waals surface area contributed by atoms with Gasteiger partial charge in [-0.25, -0.2) is 0 Å². The highest BCUT2D eigenvalue weighted by atomic mass is 32.1. The highest BCUT2D eigenvalue weighted by molar-refractivity contribution is 7.80. The number of thiocarbonyl (C=S) groups is 1. The van der Waals surface area contributed by atoms with E-state index in [0.29, 0.717) is 24.1 Å². The van der Waals surface area contributed by atoms with E-state index < -0.39 is 0 Å². The zero-order chi connectivity index (χ0) is 17.1. The van der Waals surface area contributed by atoms with Crippen LogP contribution in [0, 0.1) is 16.7 Å². The molecule has 1 fully saturated rings. The molecule has 1 aromatic carbocycles. The highest BCUT2D eigenvalue weighted by Gasteiger charge is 2.53. The second kappa shape index (κ2) is 7.00. The van der Waals surface area contributed by atoms with Crippen molar-refractivity contribution in [1.29, 1.82) is 0 Å². The number of para-hydroxylation sites is 1. The van der Waals surface area contributed by atoms with Gasteiger partial charge in [-0.15, -0.1) is 0 Å². The van der Waals surface area contributed by atoms with Gasteiger partial charge in [0, 0.05) is 17.5 Å². The molecule has 0 aromatic heterocycles. The molecule has 1 saturated carbocycles. The van der Waals surface area contributed by atoms with Crippen LogP contribution in [0.1, 0.15) is 47.0 Å². The molecule has 0 bridgehead atoms. The number of hydrogen-bond acceptors (Lipinski definition) is 3. The first-order valence-corrected chi connectivity index (χ1v) is 8.70. The molecule has 126 valence electrons. The first kappa shape index (κ1) is 17.9. The molecule has 3 nitrogen and oxygen atoms in total. The maximum absolute atomic E-state index is 12.7. The Labute approximate surface area is 144 Å². The molecule has 1 aromatic rings. The Morgan fingerprint density at radius 1 is 1.30 bits per heavy atom. The van der Waals surface area contributed by atoms with Gasteiger partial charge in [-0.2, -0.15) is 0 Å². The van der Waals surface area contributed by atoms with E-state index in [1.165, 1.54) is 0 Å². The summed E-state index contributed by atoms with van der Waals surface area (Å²) in [7, 11) is 0. The summed E-state index contributed by atoms with van der Waals surface area (Å²) in [6, 6.07) is 9.64. The smallest absolute Gasteiger partial charge is 0.261 e. The van der Waals surface area contributed by atoms with Gasteiger partial charge >= 0.3 is 0 Å². The first-order chi connectivity index (χ1) is 10.8. The van der Waals surface area contributed by atoms with Crippen molar-refractivity contribution in [2.45, 2.75) is 47.0 Å². The van der Waals surface area contributed by atoms with Crippen LogP contribution < -0.4 is 5.32 Å². The standard InChI is InChI=1S/C19H27NO2S/c1-14-10-12-19(4,18(14,2)3)16(21)11-13-22-17(23)20-15-8-6-5-7-9-15/h5-9,14H,10-13H2,1-4H3,(H,20,23).